The van der Waals surface area contributed by atoms with Crippen LogP contribution in [-0.4, -0.2) is 23.3 Å². The lowest BCUT2D eigenvalue weighted by Gasteiger charge is -2.00. The summed E-state index contributed by atoms with van der Waals surface area (Å²) >= 11 is 1.24. The van der Waals surface area contributed by atoms with Crippen LogP contribution < -0.4 is 5.32 Å². The highest BCUT2D eigenvalue weighted by molar-refractivity contribution is 8.13. The van der Waals surface area contributed by atoms with Gasteiger partial charge in [0.25, 0.3) is 5.24 Å². The molecular weight excluding hydrogens is 174 g/mol. The van der Waals surface area contributed by atoms with Crippen molar-refractivity contribution in [2.45, 2.75) is 26.7 Å². The summed E-state index contributed by atoms with van der Waals surface area (Å²) in [6, 6.07) is 0. The molecule has 3 nitrogen and oxygen atoms in total. The number of amides is 1. The van der Waals surface area contributed by atoms with E-state index in [0.717, 1.165) is 18.6 Å². The summed E-state index contributed by atoms with van der Waals surface area (Å²) in [5.74, 6) is 0.819. The molecule has 0 radical (unpaired) electrons. The lowest BCUT2D eigenvalue weighted by Crippen LogP contribution is -2.24. The minimum absolute atomic E-state index is 0.0144. The van der Waals surface area contributed by atoms with Crippen LogP contribution in [0.2, 0.25) is 0 Å². The van der Waals surface area contributed by atoms with Crippen molar-refractivity contribution in [2.24, 2.45) is 0 Å². The van der Waals surface area contributed by atoms with E-state index < -0.39 is 0 Å². The first-order chi connectivity index (χ1) is 5.66. The molecule has 0 fully saturated rings. The van der Waals surface area contributed by atoms with E-state index in [4.69, 9.17) is 0 Å². The molecule has 0 rings (SSSR count). The summed E-state index contributed by atoms with van der Waals surface area (Å²) in [4.78, 5) is 21.4. The Balaban J connectivity index is 3.28. The fourth-order valence-corrected chi connectivity index (χ4v) is 1.35. The fourth-order valence-electron chi connectivity index (χ4n) is 0.557. The molecule has 70 valence electrons. The maximum Gasteiger partial charge on any atom is 0.279 e. The van der Waals surface area contributed by atoms with Crippen LogP contribution >= 0.6 is 11.8 Å². The Kier molecular flexibility index (Phi) is 6.85. The summed E-state index contributed by atoms with van der Waals surface area (Å²) in [6.07, 6.45) is 2.13. The summed E-state index contributed by atoms with van der Waals surface area (Å²) in [7, 11) is 0. The predicted octanol–water partition coefficient (Wildman–Crippen LogP) is 1.82. The van der Waals surface area contributed by atoms with Crippen molar-refractivity contribution in [3.05, 3.63) is 0 Å². The van der Waals surface area contributed by atoms with Gasteiger partial charge in [0.1, 0.15) is 5.78 Å². The monoisotopic (exact) mass is 189 g/mol. The third-order valence-electron chi connectivity index (χ3n) is 1.21. The van der Waals surface area contributed by atoms with Crippen LogP contribution in [0.3, 0.4) is 0 Å². The van der Waals surface area contributed by atoms with Gasteiger partial charge in [0, 0.05) is 5.75 Å². The Hall–Kier alpha value is -0.510. The summed E-state index contributed by atoms with van der Waals surface area (Å²) < 4.78 is 0. The number of rotatable bonds is 5. The number of hydrogen-bond donors (Lipinski definition) is 1. The molecular formula is C8H15NO2S. The number of carbonyl (C=O) groups is 2. The molecule has 0 spiro atoms. The number of carbonyl (C=O) groups excluding carboxylic acids is 2. The van der Waals surface area contributed by atoms with Crippen LogP contribution in [0.1, 0.15) is 26.7 Å². The van der Waals surface area contributed by atoms with E-state index in [1.54, 1.807) is 0 Å². The van der Waals surface area contributed by atoms with Gasteiger partial charge in [-0.1, -0.05) is 25.1 Å². The molecule has 0 aromatic rings. The van der Waals surface area contributed by atoms with Crippen molar-refractivity contribution in [3.63, 3.8) is 0 Å². The first-order valence-corrected chi connectivity index (χ1v) is 5.05. The second-order valence-electron chi connectivity index (χ2n) is 2.55. The third-order valence-corrected chi connectivity index (χ3v) is 2.11. The molecule has 1 amide bonds. The zero-order valence-corrected chi connectivity index (χ0v) is 8.37. The van der Waals surface area contributed by atoms with Crippen molar-refractivity contribution < 1.29 is 9.59 Å². The van der Waals surface area contributed by atoms with E-state index in [1.165, 1.54) is 18.7 Å². The number of unbranched alkanes of at least 4 members (excludes halogenated alkanes) is 1. The van der Waals surface area contributed by atoms with Gasteiger partial charge in [-0.25, -0.2) is 0 Å². The zero-order valence-electron chi connectivity index (χ0n) is 7.55. The van der Waals surface area contributed by atoms with Crippen LogP contribution in [0.4, 0.5) is 4.79 Å². The first-order valence-electron chi connectivity index (χ1n) is 4.07. The fraction of sp³-hybridized carbons (Fsp3) is 0.750. The molecule has 12 heavy (non-hydrogen) atoms. The summed E-state index contributed by atoms with van der Waals surface area (Å²) in [5, 5.41) is 2.42. The molecule has 0 saturated heterocycles. The van der Waals surface area contributed by atoms with E-state index in [1.807, 2.05) is 0 Å². The van der Waals surface area contributed by atoms with Crippen molar-refractivity contribution in [2.75, 3.05) is 12.3 Å². The first kappa shape index (κ1) is 11.5. The molecule has 0 aromatic carbocycles. The van der Waals surface area contributed by atoms with Gasteiger partial charge < -0.3 is 5.32 Å². The number of thioether (sulfide) groups is 1. The number of Topliss-reactive ketones (excluding diaryl/α,β-unsaturated/α-hetero) is 1. The standard InChI is InChI=1S/C8H15NO2S/c1-3-4-5-12-8(11)9-6-7(2)10/h3-6H2,1-2H3,(H,9,11). The van der Waals surface area contributed by atoms with Gasteiger partial charge in [0.2, 0.25) is 0 Å². The molecule has 0 aliphatic rings. The van der Waals surface area contributed by atoms with Crippen LogP contribution in [0, 0.1) is 0 Å². The van der Waals surface area contributed by atoms with Gasteiger partial charge in [-0.15, -0.1) is 0 Å². The minimum Gasteiger partial charge on any atom is -0.340 e. The Labute approximate surface area is 77.3 Å². The maximum atomic E-state index is 10.9. The van der Waals surface area contributed by atoms with E-state index in [2.05, 4.69) is 12.2 Å². The molecule has 4 heteroatoms. The van der Waals surface area contributed by atoms with Gasteiger partial charge >= 0.3 is 0 Å². The second kappa shape index (κ2) is 7.16. The maximum absolute atomic E-state index is 10.9. The van der Waals surface area contributed by atoms with Gasteiger partial charge in [0.15, 0.2) is 0 Å². The quantitative estimate of drug-likeness (QED) is 0.671. The van der Waals surface area contributed by atoms with E-state index >= 15 is 0 Å². The van der Waals surface area contributed by atoms with E-state index in [-0.39, 0.29) is 17.6 Å². The second-order valence-corrected chi connectivity index (χ2v) is 3.61. The van der Waals surface area contributed by atoms with Gasteiger partial charge in [0.05, 0.1) is 6.54 Å². The Morgan fingerprint density at radius 2 is 2.08 bits per heavy atom. The molecule has 0 aromatic heterocycles. The lowest BCUT2D eigenvalue weighted by atomic mass is 10.4. The zero-order chi connectivity index (χ0) is 9.40. The normalized spacial score (nSPS) is 9.50. The Bertz CT molecular complexity index is 159. The molecule has 0 heterocycles. The highest BCUT2D eigenvalue weighted by atomic mass is 32.2. The summed E-state index contributed by atoms with van der Waals surface area (Å²) in [6.45, 7) is 3.68. The van der Waals surface area contributed by atoms with Crippen LogP contribution in [0.5, 0.6) is 0 Å². The molecule has 0 atom stereocenters. The predicted molar refractivity (Wildman–Crippen MR) is 51.4 cm³/mol. The highest BCUT2D eigenvalue weighted by Gasteiger charge is 2.01. The Morgan fingerprint density at radius 3 is 2.58 bits per heavy atom. The Morgan fingerprint density at radius 1 is 1.42 bits per heavy atom. The van der Waals surface area contributed by atoms with Crippen LogP contribution in [0.15, 0.2) is 0 Å². The number of ketones is 1. The van der Waals surface area contributed by atoms with Crippen LogP contribution in [0.25, 0.3) is 0 Å². The average molecular weight is 189 g/mol. The van der Waals surface area contributed by atoms with Crippen LogP contribution in [-0.2, 0) is 4.79 Å². The van der Waals surface area contributed by atoms with Crippen molar-refractivity contribution in [1.29, 1.82) is 0 Å². The van der Waals surface area contributed by atoms with Gasteiger partial charge in [-0.05, 0) is 13.3 Å². The lowest BCUT2D eigenvalue weighted by molar-refractivity contribution is -0.116. The topological polar surface area (TPSA) is 46.2 Å². The van der Waals surface area contributed by atoms with E-state index in [0.29, 0.717) is 0 Å². The van der Waals surface area contributed by atoms with E-state index in [9.17, 15) is 9.59 Å². The average Bonchev–Trinajstić information content (AvgIpc) is 2.01. The van der Waals surface area contributed by atoms with Crippen molar-refractivity contribution >= 4 is 22.8 Å². The highest BCUT2D eigenvalue weighted by Crippen LogP contribution is 2.04. The molecule has 0 aliphatic heterocycles. The smallest absolute Gasteiger partial charge is 0.279 e. The van der Waals surface area contributed by atoms with Gasteiger partial charge in [-0.2, -0.15) is 0 Å². The van der Waals surface area contributed by atoms with Crippen molar-refractivity contribution in [1.82, 2.24) is 5.32 Å². The molecule has 0 bridgehead atoms. The van der Waals surface area contributed by atoms with Gasteiger partial charge in [-0.3, -0.25) is 9.59 Å². The summed E-state index contributed by atoms with van der Waals surface area (Å²) in [5.41, 5.74) is 0. The number of hydrogen-bond acceptors (Lipinski definition) is 3. The molecule has 0 saturated carbocycles. The molecule has 0 aliphatic carbocycles. The minimum atomic E-state index is -0.0985. The van der Waals surface area contributed by atoms with Crippen molar-refractivity contribution in [3.8, 4) is 0 Å². The largest absolute Gasteiger partial charge is 0.340 e. The number of nitrogens with one attached hydrogen (secondary N) is 1. The SMILES string of the molecule is CCCCSC(=O)NCC(C)=O. The molecule has 0 unspecified atom stereocenters. The third kappa shape index (κ3) is 7.60. The molecule has 1 N–H and O–H groups in total.